The van der Waals surface area contributed by atoms with Gasteiger partial charge in [-0.1, -0.05) is 36.4 Å². The number of benzene rings is 2. The third kappa shape index (κ3) is 4.07. The van der Waals surface area contributed by atoms with Crippen LogP contribution in [-0.4, -0.2) is 33.8 Å². The van der Waals surface area contributed by atoms with Gasteiger partial charge in [-0.2, -0.15) is 0 Å². The Morgan fingerprint density at radius 2 is 1.60 bits per heavy atom. The van der Waals surface area contributed by atoms with Crippen molar-refractivity contribution < 1.29 is 14.7 Å². The number of rotatable bonds is 6. The van der Waals surface area contributed by atoms with Gasteiger partial charge in [-0.3, -0.25) is 9.59 Å². The Morgan fingerprint density at radius 3 is 2.16 bits per heavy atom. The van der Waals surface area contributed by atoms with E-state index in [1.165, 1.54) is 6.92 Å². The number of aliphatic hydroxyl groups is 1. The molecule has 0 aliphatic rings. The second kappa shape index (κ2) is 7.79. The van der Waals surface area contributed by atoms with Gasteiger partial charge >= 0.3 is 0 Å². The predicted molar refractivity (Wildman–Crippen MR) is 101 cm³/mol. The fourth-order valence-corrected chi connectivity index (χ4v) is 3.38. The molecule has 0 heterocycles. The van der Waals surface area contributed by atoms with Crippen LogP contribution >= 0.6 is 0 Å². The summed E-state index contributed by atoms with van der Waals surface area (Å²) < 4.78 is 0. The first-order chi connectivity index (χ1) is 11.7. The normalized spacial score (nSPS) is 12.6. The van der Waals surface area contributed by atoms with Gasteiger partial charge in [0.2, 0.25) is 0 Å². The highest BCUT2D eigenvalue weighted by molar-refractivity contribution is 6.08. The Labute approximate surface area is 149 Å². The Balaban J connectivity index is 2.69. The molecule has 1 N–H and O–H groups in total. The maximum absolute atomic E-state index is 13.4. The molecule has 4 nitrogen and oxygen atoms in total. The summed E-state index contributed by atoms with van der Waals surface area (Å²) in [6.45, 7) is 9.37. The Hall–Kier alpha value is -2.20. The van der Waals surface area contributed by atoms with E-state index in [0.29, 0.717) is 11.1 Å². The fourth-order valence-electron chi connectivity index (χ4n) is 3.38. The number of ketones is 1. The van der Waals surface area contributed by atoms with Gasteiger partial charge in [0.25, 0.3) is 5.91 Å². The summed E-state index contributed by atoms with van der Waals surface area (Å²) in [7, 11) is 0. The highest BCUT2D eigenvalue weighted by Gasteiger charge is 2.27. The van der Waals surface area contributed by atoms with Gasteiger partial charge in [-0.25, -0.2) is 0 Å². The van der Waals surface area contributed by atoms with E-state index in [1.54, 1.807) is 6.07 Å². The number of aliphatic hydroxyl groups excluding tert-OH is 1. The molecule has 0 spiro atoms. The average molecular weight is 341 g/mol. The van der Waals surface area contributed by atoms with Crippen molar-refractivity contribution in [3.8, 4) is 0 Å². The van der Waals surface area contributed by atoms with Crippen molar-refractivity contribution in [3.63, 3.8) is 0 Å². The lowest BCUT2D eigenvalue weighted by atomic mass is 9.92. The van der Waals surface area contributed by atoms with E-state index in [9.17, 15) is 14.7 Å². The van der Waals surface area contributed by atoms with Crippen LogP contribution in [0.3, 0.4) is 0 Å². The molecule has 0 aliphatic carbocycles. The molecule has 4 heteroatoms. The van der Waals surface area contributed by atoms with Gasteiger partial charge in [-0.05, 0) is 51.0 Å². The van der Waals surface area contributed by atoms with Crippen LogP contribution in [0.15, 0.2) is 36.4 Å². The van der Waals surface area contributed by atoms with E-state index in [4.69, 9.17) is 0 Å². The molecule has 0 aromatic heterocycles. The van der Waals surface area contributed by atoms with Crippen molar-refractivity contribution in [2.45, 2.75) is 59.2 Å². The molecule has 0 radical (unpaired) electrons. The monoisotopic (exact) mass is 341 g/mol. The summed E-state index contributed by atoms with van der Waals surface area (Å²) in [6, 6.07) is 11.4. The standard InChI is InChI=1S/C21H27NO3/c1-13(2)22(14(3)4)21(25)20-17-9-7-6-8-16(17)10-11-18(20)19(24)12-15(5)23/h6-11,13-14,19,24H,12H2,1-5H3/t19-/m1/s1. The first kappa shape index (κ1) is 19.1. The topological polar surface area (TPSA) is 57.6 Å². The predicted octanol–water partition coefficient (Wildman–Crippen LogP) is 4.11. The minimum atomic E-state index is -0.984. The van der Waals surface area contributed by atoms with Crippen molar-refractivity contribution in [2.75, 3.05) is 0 Å². The number of amides is 1. The first-order valence-electron chi connectivity index (χ1n) is 8.75. The van der Waals surface area contributed by atoms with Gasteiger partial charge in [0, 0.05) is 18.5 Å². The van der Waals surface area contributed by atoms with Crippen LogP contribution < -0.4 is 0 Å². The molecule has 0 aliphatic heterocycles. The Morgan fingerprint density at radius 1 is 1.00 bits per heavy atom. The van der Waals surface area contributed by atoms with Crippen LogP contribution in [0.5, 0.6) is 0 Å². The molecule has 0 bridgehead atoms. The maximum Gasteiger partial charge on any atom is 0.255 e. The summed E-state index contributed by atoms with van der Waals surface area (Å²) in [5.74, 6) is -0.219. The van der Waals surface area contributed by atoms with Gasteiger partial charge in [-0.15, -0.1) is 0 Å². The number of hydrogen-bond donors (Lipinski definition) is 1. The van der Waals surface area contributed by atoms with Crippen molar-refractivity contribution in [2.24, 2.45) is 0 Å². The third-order valence-corrected chi connectivity index (χ3v) is 4.36. The molecular formula is C21H27NO3. The van der Waals surface area contributed by atoms with Crippen LogP contribution in [0, 0.1) is 0 Å². The average Bonchev–Trinajstić information content (AvgIpc) is 2.52. The summed E-state index contributed by atoms with van der Waals surface area (Å²) in [6.07, 6.45) is -0.982. The molecule has 0 saturated carbocycles. The first-order valence-corrected chi connectivity index (χ1v) is 8.75. The quantitative estimate of drug-likeness (QED) is 0.860. The molecule has 1 amide bonds. The van der Waals surface area contributed by atoms with Crippen LogP contribution in [0.4, 0.5) is 0 Å². The molecule has 2 rings (SSSR count). The molecule has 2 aromatic carbocycles. The fraction of sp³-hybridized carbons (Fsp3) is 0.429. The van der Waals surface area contributed by atoms with Crippen molar-refractivity contribution in [1.82, 2.24) is 4.90 Å². The van der Waals surface area contributed by atoms with E-state index >= 15 is 0 Å². The summed E-state index contributed by atoms with van der Waals surface area (Å²) in [5, 5.41) is 12.3. The second-order valence-electron chi connectivity index (χ2n) is 7.07. The Kier molecular flexibility index (Phi) is 5.96. The van der Waals surface area contributed by atoms with Gasteiger partial charge in [0.15, 0.2) is 0 Å². The van der Waals surface area contributed by atoms with Gasteiger partial charge in [0.05, 0.1) is 11.7 Å². The number of carbonyl (C=O) groups is 2. The van der Waals surface area contributed by atoms with Crippen LogP contribution in [-0.2, 0) is 4.79 Å². The molecule has 0 unspecified atom stereocenters. The summed E-state index contributed by atoms with van der Waals surface area (Å²) >= 11 is 0. The molecule has 134 valence electrons. The number of Topliss-reactive ketones (excluding diaryl/α,β-unsaturated/α-hetero) is 1. The van der Waals surface area contributed by atoms with Crippen molar-refractivity contribution in [1.29, 1.82) is 0 Å². The number of nitrogens with zero attached hydrogens (tertiary/aromatic N) is 1. The number of hydrogen-bond acceptors (Lipinski definition) is 3. The van der Waals surface area contributed by atoms with E-state index in [0.717, 1.165) is 10.8 Å². The number of carbonyl (C=O) groups excluding carboxylic acids is 2. The second-order valence-corrected chi connectivity index (χ2v) is 7.07. The molecule has 25 heavy (non-hydrogen) atoms. The molecular weight excluding hydrogens is 314 g/mol. The van der Waals surface area contributed by atoms with Crippen LogP contribution in [0.1, 0.15) is 63.1 Å². The van der Waals surface area contributed by atoms with Gasteiger partial charge in [0.1, 0.15) is 5.78 Å². The molecule has 2 aromatic rings. The highest BCUT2D eigenvalue weighted by Crippen LogP contribution is 2.30. The van der Waals surface area contributed by atoms with Crippen molar-refractivity contribution >= 4 is 22.5 Å². The SMILES string of the molecule is CC(=O)C[C@@H](O)c1ccc2ccccc2c1C(=O)N(C(C)C)C(C)C. The largest absolute Gasteiger partial charge is 0.388 e. The van der Waals surface area contributed by atoms with E-state index < -0.39 is 6.10 Å². The minimum absolute atomic E-state index is 0.00196. The van der Waals surface area contributed by atoms with Crippen molar-refractivity contribution in [3.05, 3.63) is 47.5 Å². The van der Waals surface area contributed by atoms with Crippen LogP contribution in [0.25, 0.3) is 10.8 Å². The number of fused-ring (bicyclic) bond motifs is 1. The maximum atomic E-state index is 13.4. The zero-order valence-corrected chi connectivity index (χ0v) is 15.6. The lowest BCUT2D eigenvalue weighted by Crippen LogP contribution is -2.42. The Bertz CT molecular complexity index is 772. The smallest absolute Gasteiger partial charge is 0.255 e. The van der Waals surface area contributed by atoms with E-state index in [-0.39, 0.29) is 30.2 Å². The lowest BCUT2D eigenvalue weighted by molar-refractivity contribution is -0.118. The lowest BCUT2D eigenvalue weighted by Gasteiger charge is -2.32. The molecule has 0 saturated heterocycles. The third-order valence-electron chi connectivity index (χ3n) is 4.36. The van der Waals surface area contributed by atoms with Crippen LogP contribution in [0.2, 0.25) is 0 Å². The summed E-state index contributed by atoms with van der Waals surface area (Å²) in [4.78, 5) is 26.7. The van der Waals surface area contributed by atoms with E-state index in [1.807, 2.05) is 62.9 Å². The molecule has 0 fully saturated rings. The highest BCUT2D eigenvalue weighted by atomic mass is 16.3. The zero-order chi connectivity index (χ0) is 18.7. The molecule has 1 atom stereocenters. The summed E-state index contributed by atoms with van der Waals surface area (Å²) in [5.41, 5.74) is 1.01. The zero-order valence-electron chi connectivity index (χ0n) is 15.6. The minimum Gasteiger partial charge on any atom is -0.388 e. The van der Waals surface area contributed by atoms with Gasteiger partial charge < -0.3 is 10.0 Å². The van der Waals surface area contributed by atoms with E-state index in [2.05, 4.69) is 0 Å².